The molecule has 1 saturated heterocycles. The van der Waals surface area contributed by atoms with Gasteiger partial charge in [-0.1, -0.05) is 24.3 Å². The molecule has 132 valence electrons. The number of rotatable bonds is 7. The molecule has 1 aliphatic heterocycles. The van der Waals surface area contributed by atoms with Crippen LogP contribution in [0, 0.1) is 0 Å². The average molecular weight is 334 g/mol. The molecule has 24 heavy (non-hydrogen) atoms. The van der Waals surface area contributed by atoms with E-state index in [-0.39, 0.29) is 18.4 Å². The molecule has 0 radical (unpaired) electrons. The molecule has 0 bridgehead atoms. The van der Waals surface area contributed by atoms with E-state index >= 15 is 0 Å². The molecule has 1 unspecified atom stereocenters. The third-order valence-corrected chi connectivity index (χ3v) is 4.07. The van der Waals surface area contributed by atoms with Gasteiger partial charge in [0.15, 0.2) is 0 Å². The minimum atomic E-state index is -0.974. The van der Waals surface area contributed by atoms with Gasteiger partial charge in [-0.25, -0.2) is 0 Å². The molecule has 0 aliphatic carbocycles. The van der Waals surface area contributed by atoms with Crippen LogP contribution in [0.25, 0.3) is 0 Å². The summed E-state index contributed by atoms with van der Waals surface area (Å²) in [6.45, 7) is 4.16. The third kappa shape index (κ3) is 5.62. The van der Waals surface area contributed by atoms with Crippen molar-refractivity contribution in [1.29, 1.82) is 0 Å². The highest BCUT2D eigenvalue weighted by Crippen LogP contribution is 2.11. The van der Waals surface area contributed by atoms with Crippen LogP contribution in [0.3, 0.4) is 0 Å². The summed E-state index contributed by atoms with van der Waals surface area (Å²) in [5, 5.41) is 12.5. The second kappa shape index (κ2) is 9.39. The smallest absolute Gasteiger partial charge is 0.251 e. The fourth-order valence-electron chi connectivity index (χ4n) is 2.64. The van der Waals surface area contributed by atoms with Gasteiger partial charge in [0.2, 0.25) is 5.91 Å². The van der Waals surface area contributed by atoms with Gasteiger partial charge >= 0.3 is 0 Å². The van der Waals surface area contributed by atoms with E-state index in [1.54, 1.807) is 0 Å². The molecule has 0 saturated carbocycles. The fourth-order valence-corrected chi connectivity index (χ4v) is 2.64. The van der Waals surface area contributed by atoms with E-state index in [1.165, 1.54) is 4.90 Å². The van der Waals surface area contributed by atoms with Crippen LogP contribution in [-0.2, 0) is 27.5 Å². The summed E-state index contributed by atoms with van der Waals surface area (Å²) in [4.78, 5) is 25.5. The Morgan fingerprint density at radius 3 is 2.71 bits per heavy atom. The van der Waals surface area contributed by atoms with Gasteiger partial charge in [-0.3, -0.25) is 9.59 Å². The maximum atomic E-state index is 12.1. The minimum absolute atomic E-state index is 0.00167. The largest absolute Gasteiger partial charge is 0.383 e. The van der Waals surface area contributed by atoms with Crippen LogP contribution in [0.4, 0.5) is 0 Å². The van der Waals surface area contributed by atoms with E-state index in [4.69, 9.17) is 4.74 Å². The zero-order valence-corrected chi connectivity index (χ0v) is 14.2. The normalized spacial score (nSPS) is 18.3. The molecule has 1 heterocycles. The molecule has 2 rings (SSSR count). The molecular weight excluding hydrogens is 308 g/mol. The van der Waals surface area contributed by atoms with E-state index in [0.717, 1.165) is 24.0 Å². The Kier molecular flexibility index (Phi) is 7.21. The first kappa shape index (κ1) is 18.4. The first-order valence-corrected chi connectivity index (χ1v) is 8.49. The SMILES string of the molecule is CCOCc1ccc(CNC(=O)CN2CCCCC(O)C2=O)cc1. The van der Waals surface area contributed by atoms with Crippen molar-refractivity contribution in [2.75, 3.05) is 19.7 Å². The highest BCUT2D eigenvalue weighted by atomic mass is 16.5. The molecule has 1 aliphatic rings. The Morgan fingerprint density at radius 2 is 2.00 bits per heavy atom. The first-order valence-electron chi connectivity index (χ1n) is 8.49. The lowest BCUT2D eigenvalue weighted by Gasteiger charge is -2.21. The molecule has 0 aromatic heterocycles. The monoisotopic (exact) mass is 334 g/mol. The van der Waals surface area contributed by atoms with Crippen molar-refractivity contribution < 1.29 is 19.4 Å². The lowest BCUT2D eigenvalue weighted by atomic mass is 10.1. The van der Waals surface area contributed by atoms with E-state index in [1.807, 2.05) is 31.2 Å². The van der Waals surface area contributed by atoms with Crippen molar-refractivity contribution in [3.8, 4) is 0 Å². The van der Waals surface area contributed by atoms with Gasteiger partial charge in [-0.05, 0) is 37.3 Å². The quantitative estimate of drug-likeness (QED) is 0.786. The predicted octanol–water partition coefficient (Wildman–Crippen LogP) is 1.21. The van der Waals surface area contributed by atoms with Gasteiger partial charge in [0.25, 0.3) is 5.91 Å². The van der Waals surface area contributed by atoms with Crippen LogP contribution < -0.4 is 5.32 Å². The van der Waals surface area contributed by atoms with Gasteiger partial charge < -0.3 is 20.1 Å². The van der Waals surface area contributed by atoms with Crippen molar-refractivity contribution in [2.45, 2.75) is 45.4 Å². The first-order chi connectivity index (χ1) is 11.6. The lowest BCUT2D eigenvalue weighted by Crippen LogP contribution is -2.44. The number of benzene rings is 1. The number of aliphatic hydroxyl groups is 1. The number of likely N-dealkylation sites (tertiary alicyclic amines) is 1. The van der Waals surface area contributed by atoms with Crippen LogP contribution in [-0.4, -0.2) is 47.6 Å². The Bertz CT molecular complexity index is 544. The Labute approximate surface area is 142 Å². The summed E-state index contributed by atoms with van der Waals surface area (Å²) in [6.07, 6.45) is 1.12. The zero-order valence-electron chi connectivity index (χ0n) is 14.2. The van der Waals surface area contributed by atoms with Gasteiger partial charge in [-0.2, -0.15) is 0 Å². The molecule has 6 nitrogen and oxygen atoms in total. The minimum Gasteiger partial charge on any atom is -0.383 e. The van der Waals surface area contributed by atoms with Crippen molar-refractivity contribution in [1.82, 2.24) is 10.2 Å². The third-order valence-electron chi connectivity index (χ3n) is 4.07. The molecule has 1 fully saturated rings. The van der Waals surface area contributed by atoms with Gasteiger partial charge in [0, 0.05) is 19.7 Å². The van der Waals surface area contributed by atoms with Crippen LogP contribution in [0.15, 0.2) is 24.3 Å². The van der Waals surface area contributed by atoms with E-state index in [0.29, 0.717) is 32.7 Å². The number of hydrogen-bond donors (Lipinski definition) is 2. The van der Waals surface area contributed by atoms with E-state index < -0.39 is 6.10 Å². The van der Waals surface area contributed by atoms with Crippen molar-refractivity contribution in [2.24, 2.45) is 0 Å². The van der Waals surface area contributed by atoms with E-state index in [9.17, 15) is 14.7 Å². The van der Waals surface area contributed by atoms with Crippen LogP contribution in [0.5, 0.6) is 0 Å². The number of carbonyl (C=O) groups is 2. The molecule has 1 aromatic rings. The molecule has 6 heteroatoms. The zero-order chi connectivity index (χ0) is 17.4. The molecule has 2 amide bonds. The Balaban J connectivity index is 1.79. The summed E-state index contributed by atoms with van der Waals surface area (Å²) in [5.74, 6) is -0.557. The maximum absolute atomic E-state index is 12.1. The van der Waals surface area contributed by atoms with Crippen molar-refractivity contribution in [3.05, 3.63) is 35.4 Å². The highest BCUT2D eigenvalue weighted by molar-refractivity contribution is 5.87. The van der Waals surface area contributed by atoms with Gasteiger partial charge in [-0.15, -0.1) is 0 Å². The number of ether oxygens (including phenoxy) is 1. The average Bonchev–Trinajstić information content (AvgIpc) is 2.75. The number of hydrogen-bond acceptors (Lipinski definition) is 4. The number of aliphatic hydroxyl groups excluding tert-OH is 1. The lowest BCUT2D eigenvalue weighted by molar-refractivity contribution is -0.142. The number of nitrogens with one attached hydrogen (secondary N) is 1. The number of carbonyl (C=O) groups excluding carboxylic acids is 2. The topological polar surface area (TPSA) is 78.9 Å². The summed E-state index contributed by atoms with van der Waals surface area (Å²) in [6, 6.07) is 7.86. The predicted molar refractivity (Wildman–Crippen MR) is 90.1 cm³/mol. The second-order valence-electron chi connectivity index (χ2n) is 6.00. The van der Waals surface area contributed by atoms with Crippen LogP contribution in [0.2, 0.25) is 0 Å². The summed E-state index contributed by atoms with van der Waals surface area (Å²) in [7, 11) is 0. The summed E-state index contributed by atoms with van der Waals surface area (Å²) >= 11 is 0. The Morgan fingerprint density at radius 1 is 1.29 bits per heavy atom. The second-order valence-corrected chi connectivity index (χ2v) is 6.00. The molecular formula is C18H26N2O4. The van der Waals surface area contributed by atoms with Gasteiger partial charge in [0.05, 0.1) is 13.2 Å². The molecule has 1 aromatic carbocycles. The summed E-state index contributed by atoms with van der Waals surface area (Å²) in [5.41, 5.74) is 2.09. The number of nitrogens with zero attached hydrogens (tertiary/aromatic N) is 1. The standard InChI is InChI=1S/C18H26N2O4/c1-2-24-13-15-8-6-14(7-9-15)11-19-17(22)12-20-10-4-3-5-16(21)18(20)23/h6-9,16,21H,2-5,10-13H2,1H3,(H,19,22). The molecule has 1 atom stereocenters. The fraction of sp³-hybridized carbons (Fsp3) is 0.556. The van der Waals surface area contributed by atoms with Crippen molar-refractivity contribution >= 4 is 11.8 Å². The van der Waals surface area contributed by atoms with Gasteiger partial charge in [0.1, 0.15) is 6.10 Å². The van der Waals surface area contributed by atoms with Crippen LogP contribution in [0.1, 0.15) is 37.3 Å². The Hall–Kier alpha value is -1.92. The van der Waals surface area contributed by atoms with E-state index in [2.05, 4.69) is 5.32 Å². The molecule has 0 spiro atoms. The van der Waals surface area contributed by atoms with Crippen molar-refractivity contribution in [3.63, 3.8) is 0 Å². The summed E-state index contributed by atoms with van der Waals surface area (Å²) < 4.78 is 5.34. The maximum Gasteiger partial charge on any atom is 0.251 e. The number of amides is 2. The highest BCUT2D eigenvalue weighted by Gasteiger charge is 2.26. The molecule has 2 N–H and O–H groups in total. The van der Waals surface area contributed by atoms with Crippen LogP contribution >= 0.6 is 0 Å².